The van der Waals surface area contributed by atoms with Crippen LogP contribution >= 0.6 is 34.8 Å². The predicted molar refractivity (Wildman–Crippen MR) is 98.9 cm³/mol. The molecule has 0 unspecified atom stereocenters. The Morgan fingerprint density at radius 1 is 1.14 bits per heavy atom. The number of rotatable bonds is 3. The molecule has 0 fully saturated rings. The lowest BCUT2D eigenvalue weighted by molar-refractivity contribution is 0.102. The van der Waals surface area contributed by atoms with Crippen LogP contribution in [0.1, 0.15) is 27.0 Å². The van der Waals surface area contributed by atoms with E-state index in [2.05, 4.69) is 27.9 Å². The molecule has 3 nitrogen and oxygen atoms in total. The number of halogens is 1. The Balaban J connectivity index is 2.39. The molecular weight excluding hydrogens is 395 g/mol. The molecule has 0 aliphatic rings. The molecule has 0 saturated heterocycles. The monoisotopic (exact) mass is 410 g/mol. The number of hydrogen-bond acceptors (Lipinski definition) is 2. The number of benzene rings is 2. The molecule has 2 aromatic carbocycles. The molecule has 0 radical (unpaired) electrons. The summed E-state index contributed by atoms with van der Waals surface area (Å²) in [6.07, 6.45) is 0. The van der Waals surface area contributed by atoms with Crippen molar-refractivity contribution in [2.75, 3.05) is 5.32 Å². The number of aryl methyl sites for hydroxylation is 2. The number of carbonyl (C=O) groups is 1. The summed E-state index contributed by atoms with van der Waals surface area (Å²) in [5.74, 6) is -0.161. The van der Waals surface area contributed by atoms with Gasteiger partial charge in [-0.2, -0.15) is 0 Å². The summed E-state index contributed by atoms with van der Waals surface area (Å²) >= 11 is 7.26. The number of nitrogens with two attached hydrogens (primary N) is 1. The lowest BCUT2D eigenvalue weighted by Crippen LogP contribution is -2.19. The summed E-state index contributed by atoms with van der Waals surface area (Å²) in [5, 5.41) is 2.91. The van der Waals surface area contributed by atoms with E-state index < -0.39 is 0 Å². The fraction of sp³-hybridized carbons (Fsp3) is 0.125. The summed E-state index contributed by atoms with van der Waals surface area (Å²) < 4.78 is 0.942. The van der Waals surface area contributed by atoms with Crippen LogP contribution in [0.5, 0.6) is 0 Å². The Hall–Kier alpha value is -1.47. The molecule has 1 amide bonds. The van der Waals surface area contributed by atoms with E-state index in [0.717, 1.165) is 14.7 Å². The van der Waals surface area contributed by atoms with Crippen molar-refractivity contribution in [3.8, 4) is 0 Å². The maximum absolute atomic E-state index is 12.5. The summed E-state index contributed by atoms with van der Waals surface area (Å²) in [7, 11) is 0. The highest BCUT2D eigenvalue weighted by Gasteiger charge is 2.15. The van der Waals surface area contributed by atoms with Crippen LogP contribution in [0, 0.1) is 17.4 Å². The van der Waals surface area contributed by atoms with Gasteiger partial charge in [-0.15, -0.1) is 0 Å². The van der Waals surface area contributed by atoms with Gasteiger partial charge in [-0.25, -0.2) is 0 Å². The molecule has 2 aromatic rings. The van der Waals surface area contributed by atoms with Crippen molar-refractivity contribution in [2.45, 2.75) is 13.8 Å². The normalized spacial score (nSPS) is 10.2. The first-order chi connectivity index (χ1) is 9.91. The van der Waals surface area contributed by atoms with Crippen molar-refractivity contribution >= 4 is 51.4 Å². The van der Waals surface area contributed by atoms with Crippen molar-refractivity contribution in [1.29, 1.82) is 0 Å². The van der Waals surface area contributed by atoms with Gasteiger partial charge >= 0.3 is 0 Å². The third kappa shape index (κ3) is 3.41. The van der Waals surface area contributed by atoms with Crippen LogP contribution < -0.4 is 11.1 Å². The average Bonchev–Trinajstić information content (AvgIpc) is 2.41. The van der Waals surface area contributed by atoms with Crippen LogP contribution in [-0.4, -0.2) is 10.9 Å². The van der Waals surface area contributed by atoms with Crippen LogP contribution in [0.2, 0.25) is 0 Å². The molecule has 5 heteroatoms. The van der Waals surface area contributed by atoms with Gasteiger partial charge < -0.3 is 11.1 Å². The Bertz CT molecular complexity index is 728. The summed E-state index contributed by atoms with van der Waals surface area (Å²) in [4.78, 5) is 12.8. The lowest BCUT2D eigenvalue weighted by Gasteiger charge is -2.13. The largest absolute Gasteiger partial charge is 0.389 e. The molecule has 0 saturated carbocycles. The van der Waals surface area contributed by atoms with E-state index in [1.54, 1.807) is 6.07 Å². The Morgan fingerprint density at radius 3 is 2.43 bits per heavy atom. The highest BCUT2D eigenvalue weighted by Crippen LogP contribution is 2.22. The molecule has 108 valence electrons. The molecule has 0 bridgehead atoms. The van der Waals surface area contributed by atoms with Crippen molar-refractivity contribution in [1.82, 2.24) is 0 Å². The minimum absolute atomic E-state index is 0.161. The predicted octanol–water partition coefficient (Wildman–Crippen LogP) is 3.79. The van der Waals surface area contributed by atoms with Crippen LogP contribution in [0.4, 0.5) is 5.69 Å². The van der Waals surface area contributed by atoms with Gasteiger partial charge in [0.2, 0.25) is 0 Å². The summed E-state index contributed by atoms with van der Waals surface area (Å²) in [5.41, 5.74) is 9.78. The SMILES string of the molecule is Cc1cccc(C(=O)Nc2cccc(C)c2C(N)=S)c1I. The number of carbonyl (C=O) groups excluding carboxylic acids is 1. The maximum Gasteiger partial charge on any atom is 0.256 e. The Labute approximate surface area is 143 Å². The van der Waals surface area contributed by atoms with Gasteiger partial charge in [0.1, 0.15) is 4.99 Å². The van der Waals surface area contributed by atoms with E-state index in [0.29, 0.717) is 16.8 Å². The van der Waals surface area contributed by atoms with Gasteiger partial charge in [0.25, 0.3) is 5.91 Å². The lowest BCUT2D eigenvalue weighted by atomic mass is 10.1. The van der Waals surface area contributed by atoms with E-state index in [1.165, 1.54) is 0 Å². The van der Waals surface area contributed by atoms with Gasteiger partial charge in [0.05, 0.1) is 11.3 Å². The molecule has 0 aliphatic heterocycles. The van der Waals surface area contributed by atoms with Gasteiger partial charge in [0.15, 0.2) is 0 Å². The van der Waals surface area contributed by atoms with Crippen LogP contribution in [0.25, 0.3) is 0 Å². The van der Waals surface area contributed by atoms with Gasteiger partial charge in [-0.05, 0) is 59.7 Å². The number of hydrogen-bond donors (Lipinski definition) is 2. The molecule has 0 aliphatic carbocycles. The third-order valence-electron chi connectivity index (χ3n) is 3.20. The van der Waals surface area contributed by atoms with Crippen molar-refractivity contribution < 1.29 is 4.79 Å². The molecular formula is C16H15IN2OS. The van der Waals surface area contributed by atoms with E-state index in [1.807, 2.05) is 44.2 Å². The minimum Gasteiger partial charge on any atom is -0.389 e. The van der Waals surface area contributed by atoms with E-state index in [-0.39, 0.29) is 10.9 Å². The highest BCUT2D eigenvalue weighted by molar-refractivity contribution is 14.1. The number of thiocarbonyl (C=S) groups is 1. The molecule has 0 atom stereocenters. The molecule has 2 rings (SSSR count). The zero-order valence-electron chi connectivity index (χ0n) is 11.7. The second-order valence-electron chi connectivity index (χ2n) is 4.75. The fourth-order valence-electron chi connectivity index (χ4n) is 2.11. The fourth-order valence-corrected chi connectivity index (χ4v) is 2.99. The zero-order chi connectivity index (χ0) is 15.6. The minimum atomic E-state index is -0.161. The number of amides is 1. The van der Waals surface area contributed by atoms with E-state index in [4.69, 9.17) is 18.0 Å². The molecule has 0 spiro atoms. The van der Waals surface area contributed by atoms with Crippen LogP contribution in [-0.2, 0) is 0 Å². The number of nitrogens with one attached hydrogen (secondary N) is 1. The van der Waals surface area contributed by atoms with E-state index in [9.17, 15) is 4.79 Å². The van der Waals surface area contributed by atoms with Crippen molar-refractivity contribution in [2.24, 2.45) is 5.73 Å². The second kappa shape index (κ2) is 6.53. The Morgan fingerprint density at radius 2 is 1.76 bits per heavy atom. The maximum atomic E-state index is 12.5. The van der Waals surface area contributed by atoms with Gasteiger partial charge in [-0.3, -0.25) is 4.79 Å². The summed E-state index contributed by atoms with van der Waals surface area (Å²) in [6, 6.07) is 11.2. The van der Waals surface area contributed by atoms with Crippen LogP contribution in [0.3, 0.4) is 0 Å². The second-order valence-corrected chi connectivity index (χ2v) is 6.27. The van der Waals surface area contributed by atoms with E-state index >= 15 is 0 Å². The van der Waals surface area contributed by atoms with Gasteiger partial charge in [0, 0.05) is 9.13 Å². The van der Waals surface area contributed by atoms with Gasteiger partial charge in [-0.1, -0.05) is 36.5 Å². The molecule has 3 N–H and O–H groups in total. The zero-order valence-corrected chi connectivity index (χ0v) is 14.7. The number of anilines is 1. The van der Waals surface area contributed by atoms with Crippen molar-refractivity contribution in [3.63, 3.8) is 0 Å². The van der Waals surface area contributed by atoms with Crippen LogP contribution in [0.15, 0.2) is 36.4 Å². The smallest absolute Gasteiger partial charge is 0.256 e. The van der Waals surface area contributed by atoms with Crippen molar-refractivity contribution in [3.05, 3.63) is 62.2 Å². The molecule has 0 aromatic heterocycles. The molecule has 0 heterocycles. The third-order valence-corrected chi connectivity index (χ3v) is 4.84. The average molecular weight is 410 g/mol. The first-order valence-electron chi connectivity index (χ1n) is 6.37. The standard InChI is InChI=1S/C16H15IN2OS/c1-9-5-4-8-12(13(9)15(18)21)19-16(20)11-7-3-6-10(2)14(11)17/h3-8H,1-2H3,(H2,18,21)(H,19,20). The highest BCUT2D eigenvalue weighted by atomic mass is 127. The Kier molecular flexibility index (Phi) is 4.95. The topological polar surface area (TPSA) is 55.1 Å². The quantitative estimate of drug-likeness (QED) is 0.598. The summed E-state index contributed by atoms with van der Waals surface area (Å²) in [6.45, 7) is 3.90. The first-order valence-corrected chi connectivity index (χ1v) is 7.86. The molecule has 21 heavy (non-hydrogen) atoms. The first kappa shape index (κ1) is 15.9.